The van der Waals surface area contributed by atoms with Crippen LogP contribution in [0.15, 0.2) is 47.5 Å². The number of pyridine rings is 1. The summed E-state index contributed by atoms with van der Waals surface area (Å²) in [6, 6.07) is 9.59. The number of amides is 1. The molecule has 0 spiro atoms. The van der Waals surface area contributed by atoms with Gasteiger partial charge in [-0.25, -0.2) is 13.4 Å². The van der Waals surface area contributed by atoms with Crippen LogP contribution in [0.2, 0.25) is 0 Å². The van der Waals surface area contributed by atoms with Gasteiger partial charge >= 0.3 is 0 Å². The second-order valence-corrected chi connectivity index (χ2v) is 8.25. The maximum Gasteiger partial charge on any atom is 0.243 e. The van der Waals surface area contributed by atoms with Gasteiger partial charge in [-0.15, -0.1) is 0 Å². The summed E-state index contributed by atoms with van der Waals surface area (Å²) < 4.78 is 32.0. The first-order valence-electron chi connectivity index (χ1n) is 8.57. The van der Waals surface area contributed by atoms with Crippen LogP contribution in [0, 0.1) is 5.92 Å². The van der Waals surface area contributed by atoms with Crippen molar-refractivity contribution < 1.29 is 17.9 Å². The van der Waals surface area contributed by atoms with E-state index >= 15 is 0 Å². The summed E-state index contributed by atoms with van der Waals surface area (Å²) in [5, 5.41) is 2.80. The van der Waals surface area contributed by atoms with E-state index in [9.17, 15) is 13.2 Å². The van der Waals surface area contributed by atoms with E-state index in [0.29, 0.717) is 43.2 Å². The summed E-state index contributed by atoms with van der Waals surface area (Å²) in [6.45, 7) is 0.596. The molecule has 1 amide bonds. The van der Waals surface area contributed by atoms with Crippen molar-refractivity contribution in [3.8, 4) is 5.75 Å². The molecule has 0 radical (unpaired) electrons. The number of nitrogen functional groups attached to an aromatic ring is 1. The number of nitrogens with zero attached hydrogens (tertiary/aromatic N) is 2. The summed E-state index contributed by atoms with van der Waals surface area (Å²) in [4.78, 5) is 16.6. The fourth-order valence-electron chi connectivity index (χ4n) is 2.98. The Labute approximate surface area is 158 Å². The van der Waals surface area contributed by atoms with Crippen LogP contribution in [-0.2, 0) is 14.8 Å². The zero-order valence-electron chi connectivity index (χ0n) is 15.0. The van der Waals surface area contributed by atoms with Gasteiger partial charge in [0.1, 0.15) is 11.6 Å². The van der Waals surface area contributed by atoms with Gasteiger partial charge in [0.25, 0.3) is 0 Å². The van der Waals surface area contributed by atoms with Crippen molar-refractivity contribution in [3.63, 3.8) is 0 Å². The summed E-state index contributed by atoms with van der Waals surface area (Å²) >= 11 is 0. The van der Waals surface area contributed by atoms with Gasteiger partial charge in [0.15, 0.2) is 0 Å². The Balaban J connectivity index is 1.60. The summed E-state index contributed by atoms with van der Waals surface area (Å²) in [6.07, 6.45) is 2.42. The largest absolute Gasteiger partial charge is 0.497 e. The number of ether oxygens (including phenoxy) is 1. The van der Waals surface area contributed by atoms with E-state index in [4.69, 9.17) is 10.5 Å². The number of aromatic nitrogens is 1. The van der Waals surface area contributed by atoms with E-state index in [-0.39, 0.29) is 16.7 Å². The highest BCUT2D eigenvalue weighted by Gasteiger charge is 2.32. The zero-order valence-corrected chi connectivity index (χ0v) is 15.8. The molecule has 0 atom stereocenters. The fourth-order valence-corrected chi connectivity index (χ4v) is 4.45. The lowest BCUT2D eigenvalue weighted by atomic mass is 9.97. The molecule has 0 bridgehead atoms. The number of hydrogen-bond acceptors (Lipinski definition) is 6. The monoisotopic (exact) mass is 390 g/mol. The van der Waals surface area contributed by atoms with Gasteiger partial charge in [-0.1, -0.05) is 0 Å². The van der Waals surface area contributed by atoms with Gasteiger partial charge in [0.2, 0.25) is 15.9 Å². The zero-order chi connectivity index (χ0) is 19.4. The Morgan fingerprint density at radius 2 is 1.85 bits per heavy atom. The molecule has 27 heavy (non-hydrogen) atoms. The van der Waals surface area contributed by atoms with E-state index in [1.54, 1.807) is 24.3 Å². The lowest BCUT2D eigenvalue weighted by Gasteiger charge is -2.30. The number of benzene rings is 1. The van der Waals surface area contributed by atoms with Gasteiger partial charge in [-0.2, -0.15) is 4.31 Å². The van der Waals surface area contributed by atoms with Crippen molar-refractivity contribution >= 4 is 27.4 Å². The third-order valence-corrected chi connectivity index (χ3v) is 6.49. The van der Waals surface area contributed by atoms with Gasteiger partial charge in [0, 0.05) is 19.0 Å². The van der Waals surface area contributed by atoms with E-state index in [0.717, 1.165) is 0 Å². The third kappa shape index (κ3) is 4.37. The molecule has 0 saturated carbocycles. The molecule has 9 heteroatoms. The molecule has 1 aromatic carbocycles. The number of methoxy groups -OCH3 is 1. The van der Waals surface area contributed by atoms with Crippen molar-refractivity contribution in [2.24, 2.45) is 5.92 Å². The molecule has 1 saturated heterocycles. The maximum atomic E-state index is 12.8. The van der Waals surface area contributed by atoms with Crippen molar-refractivity contribution in [1.82, 2.24) is 9.29 Å². The predicted molar refractivity (Wildman–Crippen MR) is 102 cm³/mol. The van der Waals surface area contributed by atoms with Crippen molar-refractivity contribution in [2.45, 2.75) is 17.7 Å². The van der Waals surface area contributed by atoms with Gasteiger partial charge < -0.3 is 15.8 Å². The number of rotatable bonds is 5. The van der Waals surface area contributed by atoms with Crippen molar-refractivity contribution in [1.29, 1.82) is 0 Å². The number of nitrogens with one attached hydrogen (secondary N) is 1. The summed E-state index contributed by atoms with van der Waals surface area (Å²) in [5.74, 6) is 0.597. The number of hydrogen-bond donors (Lipinski definition) is 2. The maximum absolute atomic E-state index is 12.8. The first-order valence-corrected chi connectivity index (χ1v) is 10.0. The van der Waals surface area contributed by atoms with Crippen LogP contribution in [0.3, 0.4) is 0 Å². The van der Waals surface area contributed by atoms with Crippen LogP contribution in [0.5, 0.6) is 5.75 Å². The van der Waals surface area contributed by atoms with Crippen LogP contribution >= 0.6 is 0 Å². The highest BCUT2D eigenvalue weighted by atomic mass is 32.2. The molecule has 2 aromatic rings. The first-order chi connectivity index (χ1) is 12.9. The van der Waals surface area contributed by atoms with Gasteiger partial charge in [-0.3, -0.25) is 4.79 Å². The molecule has 8 nitrogen and oxygen atoms in total. The SMILES string of the molecule is COc1ccc(S(=O)(=O)N2CCC(C(=O)Nc3ccc(N)nc3)CC2)cc1. The molecule has 2 heterocycles. The van der Waals surface area contributed by atoms with Gasteiger partial charge in [-0.05, 0) is 49.2 Å². The Kier molecular flexibility index (Phi) is 5.62. The number of carbonyl (C=O) groups is 1. The van der Waals surface area contributed by atoms with Crippen LogP contribution < -0.4 is 15.8 Å². The minimum Gasteiger partial charge on any atom is -0.497 e. The third-order valence-electron chi connectivity index (χ3n) is 4.58. The van der Waals surface area contributed by atoms with E-state index < -0.39 is 10.0 Å². The number of anilines is 2. The molecule has 1 aliphatic rings. The predicted octanol–water partition coefficient (Wildman–Crippen LogP) is 1.71. The molecule has 1 aromatic heterocycles. The molecule has 0 aliphatic carbocycles. The second-order valence-electron chi connectivity index (χ2n) is 6.31. The minimum absolute atomic E-state index is 0.136. The number of sulfonamides is 1. The molecule has 0 unspecified atom stereocenters. The van der Waals surface area contributed by atoms with Crippen molar-refractivity contribution in [2.75, 3.05) is 31.2 Å². The Morgan fingerprint density at radius 1 is 1.19 bits per heavy atom. The van der Waals surface area contributed by atoms with E-state index in [1.807, 2.05) is 0 Å². The molecule has 1 fully saturated rings. The summed E-state index contributed by atoms with van der Waals surface area (Å²) in [5.41, 5.74) is 6.10. The first kappa shape index (κ1) is 19.1. The highest BCUT2D eigenvalue weighted by molar-refractivity contribution is 7.89. The van der Waals surface area contributed by atoms with E-state index in [1.165, 1.54) is 29.7 Å². The van der Waals surface area contributed by atoms with Crippen LogP contribution in [-0.4, -0.2) is 43.8 Å². The topological polar surface area (TPSA) is 115 Å². The van der Waals surface area contributed by atoms with Gasteiger partial charge in [0.05, 0.1) is 23.9 Å². The molecular formula is C18H22N4O4S. The lowest BCUT2D eigenvalue weighted by Crippen LogP contribution is -2.41. The molecule has 3 rings (SSSR count). The quantitative estimate of drug-likeness (QED) is 0.803. The smallest absolute Gasteiger partial charge is 0.243 e. The highest BCUT2D eigenvalue weighted by Crippen LogP contribution is 2.26. The standard InChI is InChI=1S/C18H22N4O4S/c1-26-15-3-5-16(6-4-15)27(24,25)22-10-8-13(9-11-22)18(23)21-14-2-7-17(19)20-12-14/h2-7,12-13H,8-11H2,1H3,(H2,19,20)(H,21,23). The van der Waals surface area contributed by atoms with Crippen LogP contribution in [0.4, 0.5) is 11.5 Å². The van der Waals surface area contributed by atoms with E-state index in [2.05, 4.69) is 10.3 Å². The molecule has 1 aliphatic heterocycles. The number of carbonyl (C=O) groups excluding carboxylic acids is 1. The second kappa shape index (κ2) is 7.93. The normalized spacial score (nSPS) is 16.0. The Morgan fingerprint density at radius 3 is 2.41 bits per heavy atom. The number of piperidine rings is 1. The lowest BCUT2D eigenvalue weighted by molar-refractivity contribution is -0.120. The summed E-state index contributed by atoms with van der Waals surface area (Å²) in [7, 11) is -2.05. The van der Waals surface area contributed by atoms with Crippen LogP contribution in [0.25, 0.3) is 0 Å². The average Bonchev–Trinajstić information content (AvgIpc) is 2.70. The molecular weight excluding hydrogens is 368 g/mol. The minimum atomic E-state index is -3.58. The van der Waals surface area contributed by atoms with Crippen LogP contribution in [0.1, 0.15) is 12.8 Å². The Bertz CT molecular complexity index is 890. The van der Waals surface area contributed by atoms with Crippen molar-refractivity contribution in [3.05, 3.63) is 42.6 Å². The fraction of sp³-hybridized carbons (Fsp3) is 0.333. The average molecular weight is 390 g/mol. The Hall–Kier alpha value is -2.65. The number of nitrogens with two attached hydrogens (primary N) is 1. The molecule has 3 N–H and O–H groups in total. The molecule has 144 valence electrons.